The molecule has 0 radical (unpaired) electrons. The first-order chi connectivity index (χ1) is 7.58. The molecule has 0 spiro atoms. The van der Waals surface area contributed by atoms with E-state index < -0.39 is 17.1 Å². The number of nitrogens with zero attached hydrogens (tertiary/aromatic N) is 1. The molecule has 0 aliphatic rings. The van der Waals surface area contributed by atoms with E-state index in [1.54, 1.807) is 24.3 Å². The van der Waals surface area contributed by atoms with Gasteiger partial charge in [-0.1, -0.05) is 11.6 Å². The standard InChI is InChI=1S/C10H7ClN2O3/c11-6-1-3-7(4-2-6)13-9(15)5-8(14)12-10(13)16/h1-5,15H,(H,12,14,16). The van der Waals surface area contributed by atoms with Crippen LogP contribution in [0.5, 0.6) is 5.88 Å². The van der Waals surface area contributed by atoms with Crippen LogP contribution in [-0.4, -0.2) is 14.7 Å². The third-order valence-corrected chi connectivity index (χ3v) is 2.26. The van der Waals surface area contributed by atoms with Gasteiger partial charge in [-0.2, -0.15) is 0 Å². The topological polar surface area (TPSA) is 75.1 Å². The van der Waals surface area contributed by atoms with E-state index in [0.717, 1.165) is 10.6 Å². The Labute approximate surface area is 94.6 Å². The maximum absolute atomic E-state index is 11.5. The minimum absolute atomic E-state index is 0.420. The van der Waals surface area contributed by atoms with Crippen molar-refractivity contribution in [2.45, 2.75) is 0 Å². The molecule has 0 unspecified atom stereocenters. The maximum Gasteiger partial charge on any atom is 0.335 e. The van der Waals surface area contributed by atoms with Crippen molar-refractivity contribution >= 4 is 11.6 Å². The van der Waals surface area contributed by atoms with E-state index in [1.807, 2.05) is 0 Å². The number of aromatic hydroxyl groups is 1. The summed E-state index contributed by atoms with van der Waals surface area (Å²) in [5.74, 6) is -0.420. The Kier molecular flexibility index (Phi) is 2.54. The number of H-pyrrole nitrogens is 1. The number of hydrogen-bond acceptors (Lipinski definition) is 3. The number of rotatable bonds is 1. The van der Waals surface area contributed by atoms with Gasteiger partial charge in [-0.15, -0.1) is 0 Å². The normalized spacial score (nSPS) is 10.3. The first-order valence-corrected chi connectivity index (χ1v) is 4.77. The summed E-state index contributed by atoms with van der Waals surface area (Å²) >= 11 is 5.70. The van der Waals surface area contributed by atoms with E-state index in [1.165, 1.54) is 0 Å². The van der Waals surface area contributed by atoms with Crippen LogP contribution in [0, 0.1) is 0 Å². The number of aromatic nitrogens is 2. The SMILES string of the molecule is O=c1cc(O)n(-c2ccc(Cl)cc2)c(=O)[nH]1. The fraction of sp³-hybridized carbons (Fsp3) is 0. The van der Waals surface area contributed by atoms with Crippen LogP contribution >= 0.6 is 11.6 Å². The fourth-order valence-corrected chi connectivity index (χ4v) is 1.45. The van der Waals surface area contributed by atoms with Crippen LogP contribution < -0.4 is 11.2 Å². The van der Waals surface area contributed by atoms with Crippen LogP contribution in [-0.2, 0) is 0 Å². The molecule has 0 saturated carbocycles. The molecule has 0 aliphatic heterocycles. The predicted octanol–water partition coefficient (Wildman–Crippen LogP) is 0.885. The molecule has 0 saturated heterocycles. The first kappa shape index (κ1) is 10.5. The van der Waals surface area contributed by atoms with Gasteiger partial charge >= 0.3 is 5.69 Å². The van der Waals surface area contributed by atoms with Crippen LogP contribution in [0.3, 0.4) is 0 Å². The van der Waals surface area contributed by atoms with E-state index in [-0.39, 0.29) is 0 Å². The molecule has 1 heterocycles. The highest BCUT2D eigenvalue weighted by Crippen LogP contribution is 2.15. The van der Waals surface area contributed by atoms with Crippen molar-refractivity contribution in [2.75, 3.05) is 0 Å². The zero-order chi connectivity index (χ0) is 11.7. The summed E-state index contributed by atoms with van der Waals surface area (Å²) < 4.78 is 0.970. The highest BCUT2D eigenvalue weighted by molar-refractivity contribution is 6.30. The van der Waals surface area contributed by atoms with E-state index in [2.05, 4.69) is 4.98 Å². The molecule has 6 heteroatoms. The Morgan fingerprint density at radius 1 is 1.19 bits per heavy atom. The second kappa shape index (κ2) is 3.86. The zero-order valence-electron chi connectivity index (χ0n) is 7.98. The average Bonchev–Trinajstić information content (AvgIpc) is 2.19. The molecule has 1 aromatic carbocycles. The third kappa shape index (κ3) is 1.85. The molecule has 0 bridgehead atoms. The van der Waals surface area contributed by atoms with E-state index in [9.17, 15) is 14.7 Å². The van der Waals surface area contributed by atoms with E-state index in [0.29, 0.717) is 10.7 Å². The molecule has 2 aromatic rings. The van der Waals surface area contributed by atoms with Crippen molar-refractivity contribution < 1.29 is 5.11 Å². The third-order valence-electron chi connectivity index (χ3n) is 2.01. The Morgan fingerprint density at radius 3 is 2.38 bits per heavy atom. The highest BCUT2D eigenvalue weighted by Gasteiger charge is 2.06. The molecule has 82 valence electrons. The van der Waals surface area contributed by atoms with Gasteiger partial charge in [0.1, 0.15) is 0 Å². The largest absolute Gasteiger partial charge is 0.494 e. The molecule has 0 aliphatic carbocycles. The minimum Gasteiger partial charge on any atom is -0.494 e. The molecular formula is C10H7ClN2O3. The molecular weight excluding hydrogens is 232 g/mol. The number of hydrogen-bond donors (Lipinski definition) is 2. The summed E-state index contributed by atoms with van der Waals surface area (Å²) in [5, 5.41) is 10.0. The molecule has 2 N–H and O–H groups in total. The van der Waals surface area contributed by atoms with Crippen molar-refractivity contribution in [3.63, 3.8) is 0 Å². The molecule has 0 fully saturated rings. The Bertz CT molecular complexity index is 628. The van der Waals surface area contributed by atoms with Crippen molar-refractivity contribution in [3.05, 3.63) is 56.2 Å². The number of halogens is 1. The van der Waals surface area contributed by atoms with Crippen LogP contribution in [0.1, 0.15) is 0 Å². The van der Waals surface area contributed by atoms with Crippen molar-refractivity contribution in [1.29, 1.82) is 0 Å². The minimum atomic E-state index is -0.702. The summed E-state index contributed by atoms with van der Waals surface area (Å²) in [7, 11) is 0. The predicted molar refractivity (Wildman–Crippen MR) is 59.3 cm³/mol. The first-order valence-electron chi connectivity index (χ1n) is 4.39. The second-order valence-electron chi connectivity index (χ2n) is 3.11. The lowest BCUT2D eigenvalue weighted by Crippen LogP contribution is -2.27. The van der Waals surface area contributed by atoms with Gasteiger partial charge in [-0.3, -0.25) is 9.78 Å². The van der Waals surface area contributed by atoms with Crippen molar-refractivity contribution in [3.8, 4) is 11.6 Å². The average molecular weight is 239 g/mol. The summed E-state index contributed by atoms with van der Waals surface area (Å²) in [5.41, 5.74) is -0.928. The molecule has 5 nitrogen and oxygen atoms in total. The Hall–Kier alpha value is -2.01. The van der Waals surface area contributed by atoms with Gasteiger partial charge in [-0.05, 0) is 24.3 Å². The summed E-state index contributed by atoms with van der Waals surface area (Å²) in [6.45, 7) is 0. The highest BCUT2D eigenvalue weighted by atomic mass is 35.5. The monoisotopic (exact) mass is 238 g/mol. The fourth-order valence-electron chi connectivity index (χ4n) is 1.32. The van der Waals surface area contributed by atoms with Crippen LogP contribution in [0.15, 0.2) is 39.9 Å². The lowest BCUT2D eigenvalue weighted by molar-refractivity contribution is 0.431. The zero-order valence-corrected chi connectivity index (χ0v) is 8.73. The van der Waals surface area contributed by atoms with Crippen LogP contribution in [0.2, 0.25) is 5.02 Å². The van der Waals surface area contributed by atoms with Gasteiger partial charge in [-0.25, -0.2) is 9.36 Å². The number of nitrogens with one attached hydrogen (secondary N) is 1. The van der Waals surface area contributed by atoms with E-state index in [4.69, 9.17) is 11.6 Å². The number of aromatic amines is 1. The Balaban J connectivity index is 2.69. The molecule has 0 amide bonds. The van der Waals surface area contributed by atoms with Gasteiger partial charge in [0.05, 0.1) is 11.8 Å². The van der Waals surface area contributed by atoms with Crippen molar-refractivity contribution in [1.82, 2.24) is 9.55 Å². The van der Waals surface area contributed by atoms with Gasteiger partial charge in [0.2, 0.25) is 5.88 Å². The summed E-state index contributed by atoms with van der Waals surface area (Å²) in [4.78, 5) is 24.4. The molecule has 2 rings (SSSR count). The molecule has 1 aromatic heterocycles. The quantitative estimate of drug-likeness (QED) is 0.775. The van der Waals surface area contributed by atoms with Gasteiger partial charge in [0.15, 0.2) is 0 Å². The lowest BCUT2D eigenvalue weighted by Gasteiger charge is -2.06. The smallest absolute Gasteiger partial charge is 0.335 e. The van der Waals surface area contributed by atoms with Crippen LogP contribution in [0.25, 0.3) is 5.69 Å². The Morgan fingerprint density at radius 2 is 1.81 bits per heavy atom. The number of benzene rings is 1. The van der Waals surface area contributed by atoms with Gasteiger partial charge < -0.3 is 5.11 Å². The molecule has 0 atom stereocenters. The van der Waals surface area contributed by atoms with Crippen molar-refractivity contribution in [2.24, 2.45) is 0 Å². The molecule has 16 heavy (non-hydrogen) atoms. The second-order valence-corrected chi connectivity index (χ2v) is 3.55. The van der Waals surface area contributed by atoms with Gasteiger partial charge in [0, 0.05) is 5.02 Å². The van der Waals surface area contributed by atoms with E-state index >= 15 is 0 Å². The van der Waals surface area contributed by atoms with Gasteiger partial charge in [0.25, 0.3) is 5.56 Å². The lowest BCUT2D eigenvalue weighted by atomic mass is 10.3. The summed E-state index contributed by atoms with van der Waals surface area (Å²) in [6.07, 6.45) is 0. The summed E-state index contributed by atoms with van der Waals surface area (Å²) in [6, 6.07) is 7.20. The van der Waals surface area contributed by atoms with Crippen LogP contribution in [0.4, 0.5) is 0 Å². The maximum atomic E-state index is 11.5.